The maximum Gasteiger partial charge on any atom is 0.192 e. The van der Waals surface area contributed by atoms with Crippen LogP contribution in [0.5, 0.6) is 0 Å². The minimum Gasteiger partial charge on any atom is -0.397 e. The summed E-state index contributed by atoms with van der Waals surface area (Å²) in [5.41, 5.74) is 7.89. The SMILES string of the molecule is C=CCn1c(SCc2cccc(F)c2)nnc1-c1sc2ncccc2c1N. The molecule has 0 atom stereocenters. The van der Waals surface area contributed by atoms with Crippen LogP contribution in [0.4, 0.5) is 10.1 Å². The van der Waals surface area contributed by atoms with Gasteiger partial charge in [-0.3, -0.25) is 4.57 Å². The Bertz CT molecular complexity index is 1120. The molecule has 0 aliphatic heterocycles. The van der Waals surface area contributed by atoms with Crippen molar-refractivity contribution in [1.29, 1.82) is 0 Å². The highest BCUT2D eigenvalue weighted by molar-refractivity contribution is 7.98. The van der Waals surface area contributed by atoms with E-state index in [9.17, 15) is 4.39 Å². The summed E-state index contributed by atoms with van der Waals surface area (Å²) in [5, 5.41) is 10.3. The average Bonchev–Trinajstić information content (AvgIpc) is 3.22. The van der Waals surface area contributed by atoms with Gasteiger partial charge in [0, 0.05) is 23.9 Å². The molecule has 0 radical (unpaired) electrons. The van der Waals surface area contributed by atoms with Gasteiger partial charge in [0.2, 0.25) is 0 Å². The molecule has 0 unspecified atom stereocenters. The van der Waals surface area contributed by atoms with Crippen molar-refractivity contribution >= 4 is 39.0 Å². The van der Waals surface area contributed by atoms with Gasteiger partial charge in [0.1, 0.15) is 10.6 Å². The summed E-state index contributed by atoms with van der Waals surface area (Å²) in [4.78, 5) is 6.09. The largest absolute Gasteiger partial charge is 0.397 e. The summed E-state index contributed by atoms with van der Waals surface area (Å²) < 4.78 is 15.4. The quantitative estimate of drug-likeness (QED) is 0.375. The number of hydrogen-bond acceptors (Lipinski definition) is 6. The third-order valence-corrected chi connectivity index (χ3v) is 6.16. The Morgan fingerprint density at radius 3 is 2.93 bits per heavy atom. The van der Waals surface area contributed by atoms with Crippen LogP contribution in [0.15, 0.2) is 60.4 Å². The number of benzene rings is 1. The molecule has 0 amide bonds. The molecule has 0 aliphatic carbocycles. The van der Waals surface area contributed by atoms with Crippen molar-refractivity contribution < 1.29 is 4.39 Å². The number of thiophene rings is 1. The second-order valence-corrected chi connectivity index (χ2v) is 7.77. The molecule has 5 nitrogen and oxygen atoms in total. The summed E-state index contributed by atoms with van der Waals surface area (Å²) in [6.07, 6.45) is 3.54. The van der Waals surface area contributed by atoms with Crippen LogP contribution in [-0.4, -0.2) is 19.7 Å². The molecule has 0 spiro atoms. The zero-order valence-electron chi connectivity index (χ0n) is 14.3. The molecule has 0 fully saturated rings. The zero-order chi connectivity index (χ0) is 18.8. The first-order chi connectivity index (χ1) is 13.2. The summed E-state index contributed by atoms with van der Waals surface area (Å²) in [6.45, 7) is 4.38. The molecule has 136 valence electrons. The van der Waals surface area contributed by atoms with Gasteiger partial charge in [0.15, 0.2) is 11.0 Å². The van der Waals surface area contributed by atoms with Crippen molar-refractivity contribution in [3.63, 3.8) is 0 Å². The first-order valence-electron chi connectivity index (χ1n) is 8.22. The fraction of sp³-hybridized carbons (Fsp3) is 0.105. The van der Waals surface area contributed by atoms with Crippen LogP contribution in [0.25, 0.3) is 20.9 Å². The van der Waals surface area contributed by atoms with E-state index in [4.69, 9.17) is 5.73 Å². The van der Waals surface area contributed by atoms with E-state index in [2.05, 4.69) is 21.8 Å². The highest BCUT2D eigenvalue weighted by Crippen LogP contribution is 2.40. The van der Waals surface area contributed by atoms with E-state index in [1.807, 2.05) is 22.8 Å². The fourth-order valence-corrected chi connectivity index (χ4v) is 4.70. The first-order valence-corrected chi connectivity index (χ1v) is 10.0. The minimum atomic E-state index is -0.244. The number of thioether (sulfide) groups is 1. The predicted molar refractivity (Wildman–Crippen MR) is 109 cm³/mol. The van der Waals surface area contributed by atoms with Crippen molar-refractivity contribution in [2.24, 2.45) is 0 Å². The van der Waals surface area contributed by atoms with E-state index in [1.165, 1.54) is 35.2 Å². The van der Waals surface area contributed by atoms with Crippen LogP contribution in [0.3, 0.4) is 0 Å². The van der Waals surface area contributed by atoms with Crippen molar-refractivity contribution in [3.05, 3.63) is 66.6 Å². The Balaban J connectivity index is 1.69. The van der Waals surface area contributed by atoms with Gasteiger partial charge in [-0.2, -0.15) is 0 Å². The number of anilines is 1. The second-order valence-electron chi connectivity index (χ2n) is 5.83. The van der Waals surface area contributed by atoms with Gasteiger partial charge < -0.3 is 5.73 Å². The number of fused-ring (bicyclic) bond motifs is 1. The number of halogens is 1. The van der Waals surface area contributed by atoms with E-state index >= 15 is 0 Å². The summed E-state index contributed by atoms with van der Waals surface area (Å²) in [5.74, 6) is 1.04. The van der Waals surface area contributed by atoms with Gasteiger partial charge in [0.25, 0.3) is 0 Å². The number of aromatic nitrogens is 4. The monoisotopic (exact) mass is 397 g/mol. The lowest BCUT2D eigenvalue weighted by atomic mass is 10.2. The van der Waals surface area contributed by atoms with Crippen LogP contribution < -0.4 is 5.73 Å². The van der Waals surface area contributed by atoms with Crippen molar-refractivity contribution in [2.75, 3.05) is 5.73 Å². The van der Waals surface area contributed by atoms with Crippen LogP contribution in [0.1, 0.15) is 5.56 Å². The van der Waals surface area contributed by atoms with Crippen LogP contribution >= 0.6 is 23.1 Å². The first kappa shape index (κ1) is 17.7. The molecule has 3 aromatic heterocycles. The predicted octanol–water partition coefficient (Wildman–Crippen LogP) is 4.75. The van der Waals surface area contributed by atoms with Gasteiger partial charge in [-0.1, -0.05) is 30.0 Å². The van der Waals surface area contributed by atoms with Gasteiger partial charge >= 0.3 is 0 Å². The number of nitrogen functional groups attached to an aromatic ring is 1. The van der Waals surface area contributed by atoms with Gasteiger partial charge in [0.05, 0.1) is 10.6 Å². The van der Waals surface area contributed by atoms with Crippen LogP contribution in [-0.2, 0) is 12.3 Å². The maximum atomic E-state index is 13.4. The highest BCUT2D eigenvalue weighted by Gasteiger charge is 2.20. The lowest BCUT2D eigenvalue weighted by molar-refractivity contribution is 0.626. The van der Waals surface area contributed by atoms with Crippen molar-refractivity contribution in [3.8, 4) is 10.7 Å². The molecule has 4 rings (SSSR count). The maximum absolute atomic E-state index is 13.4. The number of allylic oxidation sites excluding steroid dienone is 1. The molecular formula is C19H16FN5S2. The molecule has 2 N–H and O–H groups in total. The third-order valence-electron chi connectivity index (χ3n) is 3.99. The minimum absolute atomic E-state index is 0.244. The third kappa shape index (κ3) is 3.45. The molecule has 3 heterocycles. The second kappa shape index (κ2) is 7.50. The zero-order valence-corrected chi connectivity index (χ0v) is 15.9. The Labute approximate surface area is 163 Å². The Morgan fingerprint density at radius 1 is 1.26 bits per heavy atom. The number of hydrogen-bond donors (Lipinski definition) is 1. The lowest BCUT2D eigenvalue weighted by Gasteiger charge is -2.07. The Hall–Kier alpha value is -2.71. The Kier molecular flexibility index (Phi) is 4.91. The molecule has 0 bridgehead atoms. The van der Waals surface area contributed by atoms with Crippen molar-refractivity contribution in [2.45, 2.75) is 17.5 Å². The molecule has 4 aromatic rings. The number of pyridine rings is 1. The van der Waals surface area contributed by atoms with Gasteiger partial charge in [-0.05, 0) is 29.8 Å². The number of nitrogens with two attached hydrogens (primary N) is 1. The van der Waals surface area contributed by atoms with E-state index in [0.29, 0.717) is 23.8 Å². The smallest absolute Gasteiger partial charge is 0.192 e. The summed E-state index contributed by atoms with van der Waals surface area (Å²) >= 11 is 2.99. The van der Waals surface area contributed by atoms with Gasteiger partial charge in [-0.15, -0.1) is 28.1 Å². The van der Waals surface area contributed by atoms with E-state index < -0.39 is 0 Å². The lowest BCUT2D eigenvalue weighted by Crippen LogP contribution is -2.01. The topological polar surface area (TPSA) is 69.6 Å². The number of nitrogens with zero attached hydrogens (tertiary/aromatic N) is 4. The van der Waals surface area contributed by atoms with E-state index in [1.54, 1.807) is 18.3 Å². The molecule has 1 aromatic carbocycles. The molecule has 0 saturated heterocycles. The normalized spacial score (nSPS) is 11.1. The standard InChI is InChI=1S/C19H16FN5S2/c1-2-9-25-17(16-15(21)14-7-4-8-22-18(14)27-16)23-24-19(25)26-11-12-5-3-6-13(20)10-12/h2-8,10H,1,9,11,21H2. The van der Waals surface area contributed by atoms with Crippen molar-refractivity contribution in [1.82, 2.24) is 19.7 Å². The van der Waals surface area contributed by atoms with E-state index in [-0.39, 0.29) is 5.82 Å². The number of rotatable bonds is 6. The molecule has 8 heteroatoms. The molecule has 0 saturated carbocycles. The molecule has 0 aliphatic rings. The fourth-order valence-electron chi connectivity index (χ4n) is 2.75. The van der Waals surface area contributed by atoms with Crippen LogP contribution in [0.2, 0.25) is 0 Å². The van der Waals surface area contributed by atoms with E-state index in [0.717, 1.165) is 25.8 Å². The summed E-state index contributed by atoms with van der Waals surface area (Å²) in [7, 11) is 0. The average molecular weight is 398 g/mol. The van der Waals surface area contributed by atoms with Gasteiger partial charge in [-0.25, -0.2) is 9.37 Å². The van der Waals surface area contributed by atoms with Crippen LogP contribution in [0, 0.1) is 5.82 Å². The Morgan fingerprint density at radius 2 is 2.15 bits per heavy atom. The summed E-state index contributed by atoms with van der Waals surface area (Å²) in [6, 6.07) is 10.4. The molecule has 27 heavy (non-hydrogen) atoms. The highest BCUT2D eigenvalue weighted by atomic mass is 32.2. The molecular weight excluding hydrogens is 381 g/mol.